The Labute approximate surface area is 166 Å². The maximum Gasteiger partial charge on any atom is 0.234 e. The summed E-state index contributed by atoms with van der Waals surface area (Å²) in [7, 11) is 0. The van der Waals surface area contributed by atoms with Crippen molar-refractivity contribution in [1.82, 2.24) is 9.80 Å². The standard InChI is InChI=1S/C22H29N3OS/c1-3-24-12-14-25(15-13-24)16-19-6-8-20(9-7-19)23-22(26)17-27-21-10-4-18(2)5-11-21/h4-11H,3,12-17H2,1-2H3,(H,23,26). The predicted octanol–water partition coefficient (Wildman–Crippen LogP) is 3.86. The van der Waals surface area contributed by atoms with Crippen LogP contribution < -0.4 is 5.32 Å². The molecule has 0 saturated carbocycles. The highest BCUT2D eigenvalue weighted by atomic mass is 32.2. The van der Waals surface area contributed by atoms with Crippen molar-refractivity contribution in [2.24, 2.45) is 0 Å². The molecule has 1 fully saturated rings. The van der Waals surface area contributed by atoms with Crippen molar-refractivity contribution in [2.75, 3.05) is 43.8 Å². The van der Waals surface area contributed by atoms with Crippen LogP contribution in [-0.4, -0.2) is 54.2 Å². The number of anilines is 1. The summed E-state index contributed by atoms with van der Waals surface area (Å²) < 4.78 is 0. The molecule has 2 aromatic carbocycles. The maximum atomic E-state index is 12.2. The number of rotatable bonds is 7. The number of carbonyl (C=O) groups is 1. The lowest BCUT2D eigenvalue weighted by molar-refractivity contribution is -0.113. The van der Waals surface area contributed by atoms with Crippen molar-refractivity contribution in [3.63, 3.8) is 0 Å². The molecule has 0 aromatic heterocycles. The molecule has 1 amide bonds. The van der Waals surface area contributed by atoms with Crippen molar-refractivity contribution >= 4 is 23.4 Å². The van der Waals surface area contributed by atoms with E-state index in [9.17, 15) is 4.79 Å². The molecule has 1 heterocycles. The van der Waals surface area contributed by atoms with E-state index in [2.05, 4.69) is 65.4 Å². The number of piperazine rings is 1. The summed E-state index contributed by atoms with van der Waals surface area (Å²) in [5.74, 6) is 0.455. The van der Waals surface area contributed by atoms with Gasteiger partial charge in [0.1, 0.15) is 0 Å². The maximum absolute atomic E-state index is 12.2. The van der Waals surface area contributed by atoms with Gasteiger partial charge in [-0.05, 0) is 43.3 Å². The fourth-order valence-corrected chi connectivity index (χ4v) is 3.89. The first-order valence-electron chi connectivity index (χ1n) is 9.65. The number of likely N-dealkylation sites (N-methyl/N-ethyl adjacent to an activating group) is 1. The Bertz CT molecular complexity index is 722. The number of carbonyl (C=O) groups excluding carboxylic acids is 1. The smallest absolute Gasteiger partial charge is 0.234 e. The van der Waals surface area contributed by atoms with Crippen molar-refractivity contribution < 1.29 is 4.79 Å². The summed E-state index contributed by atoms with van der Waals surface area (Å²) in [6.45, 7) is 11.0. The Balaban J connectivity index is 1.43. The van der Waals surface area contributed by atoms with Crippen molar-refractivity contribution in [3.05, 3.63) is 59.7 Å². The van der Waals surface area contributed by atoms with E-state index in [1.54, 1.807) is 11.8 Å². The van der Waals surface area contributed by atoms with E-state index in [0.29, 0.717) is 5.75 Å². The SMILES string of the molecule is CCN1CCN(Cc2ccc(NC(=O)CSc3ccc(C)cc3)cc2)CC1. The lowest BCUT2D eigenvalue weighted by atomic mass is 10.1. The molecule has 4 nitrogen and oxygen atoms in total. The van der Waals surface area contributed by atoms with E-state index in [-0.39, 0.29) is 5.91 Å². The topological polar surface area (TPSA) is 35.6 Å². The van der Waals surface area contributed by atoms with Gasteiger partial charge in [0.05, 0.1) is 5.75 Å². The molecule has 0 aliphatic carbocycles. The Hall–Kier alpha value is -1.82. The number of hydrogen-bond acceptors (Lipinski definition) is 4. The molecule has 0 atom stereocenters. The quantitative estimate of drug-likeness (QED) is 0.737. The third-order valence-corrected chi connectivity index (χ3v) is 5.96. The van der Waals surface area contributed by atoms with Crippen LogP contribution in [0.2, 0.25) is 0 Å². The first kappa shape index (κ1) is 19.9. The van der Waals surface area contributed by atoms with Crippen LogP contribution in [0.15, 0.2) is 53.4 Å². The van der Waals surface area contributed by atoms with E-state index in [0.717, 1.165) is 49.9 Å². The first-order valence-corrected chi connectivity index (χ1v) is 10.6. The zero-order valence-electron chi connectivity index (χ0n) is 16.3. The second kappa shape index (κ2) is 9.93. The second-order valence-electron chi connectivity index (χ2n) is 7.06. The van der Waals surface area contributed by atoms with Crippen LogP contribution >= 0.6 is 11.8 Å². The molecule has 0 bridgehead atoms. The molecule has 0 unspecified atom stereocenters. The van der Waals surface area contributed by atoms with Gasteiger partial charge in [0.2, 0.25) is 5.91 Å². The fraction of sp³-hybridized carbons (Fsp3) is 0.409. The van der Waals surface area contributed by atoms with Crippen LogP contribution in [0.4, 0.5) is 5.69 Å². The molecule has 1 aliphatic rings. The van der Waals surface area contributed by atoms with E-state index in [1.165, 1.54) is 11.1 Å². The normalized spacial score (nSPS) is 15.6. The van der Waals surface area contributed by atoms with Gasteiger partial charge in [-0.25, -0.2) is 0 Å². The molecule has 144 valence electrons. The summed E-state index contributed by atoms with van der Waals surface area (Å²) in [4.78, 5) is 18.3. The number of thioether (sulfide) groups is 1. The van der Waals surface area contributed by atoms with Gasteiger partial charge in [-0.2, -0.15) is 0 Å². The number of hydrogen-bond donors (Lipinski definition) is 1. The highest BCUT2D eigenvalue weighted by Gasteiger charge is 2.15. The largest absolute Gasteiger partial charge is 0.325 e. The van der Waals surface area contributed by atoms with Gasteiger partial charge in [-0.3, -0.25) is 9.69 Å². The van der Waals surface area contributed by atoms with Crippen molar-refractivity contribution in [2.45, 2.75) is 25.3 Å². The van der Waals surface area contributed by atoms with Crippen LogP contribution in [0.25, 0.3) is 0 Å². The zero-order chi connectivity index (χ0) is 19.1. The summed E-state index contributed by atoms with van der Waals surface area (Å²) in [6.07, 6.45) is 0. The zero-order valence-corrected chi connectivity index (χ0v) is 17.1. The molecule has 27 heavy (non-hydrogen) atoms. The van der Waals surface area contributed by atoms with Gasteiger partial charge in [-0.1, -0.05) is 36.8 Å². The van der Waals surface area contributed by atoms with Crippen LogP contribution in [0, 0.1) is 6.92 Å². The Morgan fingerprint density at radius 1 is 0.963 bits per heavy atom. The molecular weight excluding hydrogens is 354 g/mol. The molecule has 0 spiro atoms. The number of benzene rings is 2. The van der Waals surface area contributed by atoms with Crippen LogP contribution in [0.1, 0.15) is 18.1 Å². The molecule has 0 radical (unpaired) electrons. The molecule has 5 heteroatoms. The van der Waals surface area contributed by atoms with Gasteiger partial charge in [0, 0.05) is 43.3 Å². The second-order valence-corrected chi connectivity index (χ2v) is 8.11. The first-order chi connectivity index (χ1) is 13.1. The highest BCUT2D eigenvalue weighted by Crippen LogP contribution is 2.19. The molecular formula is C22H29N3OS. The van der Waals surface area contributed by atoms with E-state index < -0.39 is 0 Å². The minimum Gasteiger partial charge on any atom is -0.325 e. The van der Waals surface area contributed by atoms with Gasteiger partial charge < -0.3 is 10.2 Å². The monoisotopic (exact) mass is 383 g/mol. The van der Waals surface area contributed by atoms with Gasteiger partial charge in [-0.15, -0.1) is 11.8 Å². The van der Waals surface area contributed by atoms with E-state index in [4.69, 9.17) is 0 Å². The van der Waals surface area contributed by atoms with Crippen molar-refractivity contribution in [3.8, 4) is 0 Å². The summed E-state index contributed by atoms with van der Waals surface area (Å²) in [5, 5.41) is 2.99. The Kier molecular flexibility index (Phi) is 7.33. The number of amides is 1. The van der Waals surface area contributed by atoms with Crippen LogP contribution in [-0.2, 0) is 11.3 Å². The predicted molar refractivity (Wildman–Crippen MR) is 114 cm³/mol. The third-order valence-electron chi connectivity index (χ3n) is 4.95. The molecule has 3 rings (SSSR count). The average molecular weight is 384 g/mol. The lowest BCUT2D eigenvalue weighted by Crippen LogP contribution is -2.45. The van der Waals surface area contributed by atoms with E-state index in [1.807, 2.05) is 12.1 Å². The summed E-state index contributed by atoms with van der Waals surface area (Å²) in [6, 6.07) is 16.5. The Morgan fingerprint density at radius 2 is 1.59 bits per heavy atom. The summed E-state index contributed by atoms with van der Waals surface area (Å²) >= 11 is 1.56. The summed E-state index contributed by atoms with van der Waals surface area (Å²) in [5.41, 5.74) is 3.40. The van der Waals surface area contributed by atoms with Crippen LogP contribution in [0.3, 0.4) is 0 Å². The Morgan fingerprint density at radius 3 is 2.22 bits per heavy atom. The molecule has 1 N–H and O–H groups in total. The number of nitrogens with one attached hydrogen (secondary N) is 1. The molecule has 1 aliphatic heterocycles. The number of aryl methyl sites for hydroxylation is 1. The molecule has 2 aromatic rings. The van der Waals surface area contributed by atoms with Crippen molar-refractivity contribution in [1.29, 1.82) is 0 Å². The third kappa shape index (κ3) is 6.38. The lowest BCUT2D eigenvalue weighted by Gasteiger charge is -2.34. The number of nitrogens with zero attached hydrogens (tertiary/aromatic N) is 2. The van der Waals surface area contributed by atoms with E-state index >= 15 is 0 Å². The van der Waals surface area contributed by atoms with Crippen LogP contribution in [0.5, 0.6) is 0 Å². The van der Waals surface area contributed by atoms with Gasteiger partial charge in [0.15, 0.2) is 0 Å². The highest BCUT2D eigenvalue weighted by molar-refractivity contribution is 8.00. The van der Waals surface area contributed by atoms with Gasteiger partial charge in [0.25, 0.3) is 0 Å². The minimum atomic E-state index is 0.0315. The minimum absolute atomic E-state index is 0.0315. The van der Waals surface area contributed by atoms with Gasteiger partial charge >= 0.3 is 0 Å². The fourth-order valence-electron chi connectivity index (χ4n) is 3.20. The molecule has 1 saturated heterocycles. The average Bonchev–Trinajstić information content (AvgIpc) is 2.70.